The number of carbonyl (C=O) groups is 2. The number of thioether (sulfide) groups is 1. The number of likely N-dealkylation sites (N-methyl/N-ethyl adjacent to an activating group) is 1. The highest BCUT2D eigenvalue weighted by Crippen LogP contribution is 2.37. The van der Waals surface area contributed by atoms with Crippen molar-refractivity contribution >= 4 is 40.6 Å². The first-order chi connectivity index (χ1) is 15.4. The standard InChI is InChI=1S/C24H24N2O5S/c1-5-8-16-11-15(12-19(21(16)27)31-6-2)13-20-22(28)26(3)24(32-20)25-18-10-7-9-17(14-18)23(29)30-4/h5,7,9-14,27H,1,6,8H2,2-4H3. The molecule has 2 aromatic carbocycles. The first-order valence-corrected chi connectivity index (χ1v) is 10.7. The van der Waals surface area contributed by atoms with Gasteiger partial charge in [-0.3, -0.25) is 9.69 Å². The molecule has 1 aliphatic heterocycles. The molecule has 0 spiro atoms. The SMILES string of the molecule is C=CCc1cc(C=C2SC(=Nc3cccc(C(=O)OC)c3)N(C)C2=O)cc(OCC)c1O. The van der Waals surface area contributed by atoms with E-state index in [1.165, 1.54) is 23.8 Å². The molecule has 0 aliphatic carbocycles. The zero-order chi connectivity index (χ0) is 23.3. The molecular weight excluding hydrogens is 428 g/mol. The van der Waals surface area contributed by atoms with Crippen LogP contribution < -0.4 is 4.74 Å². The Morgan fingerprint density at radius 1 is 1.31 bits per heavy atom. The summed E-state index contributed by atoms with van der Waals surface area (Å²) in [5, 5.41) is 10.9. The molecule has 7 nitrogen and oxygen atoms in total. The molecule has 0 saturated carbocycles. The average molecular weight is 453 g/mol. The summed E-state index contributed by atoms with van der Waals surface area (Å²) in [6.45, 7) is 5.96. The summed E-state index contributed by atoms with van der Waals surface area (Å²) in [7, 11) is 2.96. The molecule has 2 aromatic rings. The molecule has 1 heterocycles. The number of carbonyl (C=O) groups excluding carboxylic acids is 2. The Labute approximate surface area is 191 Å². The van der Waals surface area contributed by atoms with Crippen molar-refractivity contribution in [3.05, 3.63) is 70.6 Å². The Bertz CT molecular complexity index is 1120. The Kier molecular flexibility index (Phi) is 7.37. The van der Waals surface area contributed by atoms with Gasteiger partial charge in [-0.25, -0.2) is 9.79 Å². The largest absolute Gasteiger partial charge is 0.504 e. The van der Waals surface area contributed by atoms with Gasteiger partial charge >= 0.3 is 5.97 Å². The molecule has 1 N–H and O–H groups in total. The Hall–Kier alpha value is -3.52. The highest BCUT2D eigenvalue weighted by Gasteiger charge is 2.30. The van der Waals surface area contributed by atoms with Crippen molar-refractivity contribution < 1.29 is 24.2 Å². The lowest BCUT2D eigenvalue weighted by Crippen LogP contribution is -2.23. The topological polar surface area (TPSA) is 88.4 Å². The van der Waals surface area contributed by atoms with Gasteiger partial charge in [0, 0.05) is 12.6 Å². The quantitative estimate of drug-likeness (QED) is 0.377. The average Bonchev–Trinajstić information content (AvgIpc) is 3.04. The first-order valence-electron chi connectivity index (χ1n) is 9.92. The van der Waals surface area contributed by atoms with E-state index in [-0.39, 0.29) is 11.7 Å². The van der Waals surface area contributed by atoms with Crippen LogP contribution in [-0.4, -0.2) is 47.8 Å². The van der Waals surface area contributed by atoms with Crippen LogP contribution in [0, 0.1) is 0 Å². The predicted octanol–water partition coefficient (Wildman–Crippen LogP) is 4.54. The van der Waals surface area contributed by atoms with Crippen molar-refractivity contribution in [1.82, 2.24) is 4.90 Å². The summed E-state index contributed by atoms with van der Waals surface area (Å²) in [6.07, 6.45) is 3.90. The van der Waals surface area contributed by atoms with Crippen LogP contribution in [0.15, 0.2) is 59.0 Å². The zero-order valence-electron chi connectivity index (χ0n) is 18.1. The normalized spacial score (nSPS) is 16.0. The molecule has 166 valence electrons. The zero-order valence-corrected chi connectivity index (χ0v) is 18.9. The number of hydrogen-bond donors (Lipinski definition) is 1. The number of ether oxygens (including phenoxy) is 2. The van der Waals surface area contributed by atoms with Crippen molar-refractivity contribution in [1.29, 1.82) is 0 Å². The molecule has 1 saturated heterocycles. The van der Waals surface area contributed by atoms with Gasteiger partial charge in [0.05, 0.1) is 29.9 Å². The van der Waals surface area contributed by atoms with Crippen LogP contribution in [-0.2, 0) is 16.0 Å². The van der Waals surface area contributed by atoms with Gasteiger partial charge in [0.15, 0.2) is 16.7 Å². The van der Waals surface area contributed by atoms with Gasteiger partial charge in [-0.15, -0.1) is 6.58 Å². The van der Waals surface area contributed by atoms with E-state index < -0.39 is 5.97 Å². The minimum Gasteiger partial charge on any atom is -0.504 e. The van der Waals surface area contributed by atoms with Gasteiger partial charge in [0.2, 0.25) is 0 Å². The van der Waals surface area contributed by atoms with Gasteiger partial charge in [-0.2, -0.15) is 0 Å². The number of rotatable bonds is 7. The number of amidine groups is 1. The second kappa shape index (κ2) is 10.2. The van der Waals surface area contributed by atoms with E-state index in [1.807, 2.05) is 6.92 Å². The number of phenolic OH excluding ortho intramolecular Hbond substituents is 1. The van der Waals surface area contributed by atoms with Crippen LogP contribution in [0.4, 0.5) is 5.69 Å². The molecule has 32 heavy (non-hydrogen) atoms. The fourth-order valence-corrected chi connectivity index (χ4v) is 4.07. The van der Waals surface area contributed by atoms with Gasteiger partial charge in [-0.1, -0.05) is 12.1 Å². The van der Waals surface area contributed by atoms with Crippen LogP contribution in [0.25, 0.3) is 6.08 Å². The maximum absolute atomic E-state index is 12.8. The number of allylic oxidation sites excluding steroid dienone is 1. The summed E-state index contributed by atoms with van der Waals surface area (Å²) >= 11 is 1.23. The maximum atomic E-state index is 12.8. The van der Waals surface area contributed by atoms with E-state index in [9.17, 15) is 14.7 Å². The third kappa shape index (κ3) is 5.03. The molecule has 1 aliphatic rings. The molecule has 0 aromatic heterocycles. The third-order valence-corrected chi connectivity index (χ3v) is 5.69. The number of esters is 1. The second-order valence-electron chi connectivity index (χ2n) is 6.86. The summed E-state index contributed by atoms with van der Waals surface area (Å²) in [5.41, 5.74) is 2.30. The molecule has 3 rings (SSSR count). The van der Waals surface area contributed by atoms with E-state index in [2.05, 4.69) is 11.6 Å². The number of hydrogen-bond acceptors (Lipinski definition) is 7. The molecule has 1 fully saturated rings. The number of nitrogens with zero attached hydrogens (tertiary/aromatic N) is 2. The van der Waals surface area contributed by atoms with Crippen LogP contribution in [0.2, 0.25) is 0 Å². The molecule has 0 radical (unpaired) electrons. The first kappa shape index (κ1) is 23.1. The Morgan fingerprint density at radius 2 is 2.09 bits per heavy atom. The molecule has 0 atom stereocenters. The lowest BCUT2D eigenvalue weighted by molar-refractivity contribution is -0.121. The van der Waals surface area contributed by atoms with E-state index >= 15 is 0 Å². The molecular formula is C24H24N2O5S. The third-order valence-electron chi connectivity index (χ3n) is 4.63. The smallest absolute Gasteiger partial charge is 0.337 e. The summed E-state index contributed by atoms with van der Waals surface area (Å²) < 4.78 is 10.3. The predicted molar refractivity (Wildman–Crippen MR) is 126 cm³/mol. The van der Waals surface area contributed by atoms with E-state index in [0.29, 0.717) is 45.7 Å². The van der Waals surface area contributed by atoms with Crippen molar-refractivity contribution in [2.24, 2.45) is 4.99 Å². The minimum absolute atomic E-state index is 0.0733. The highest BCUT2D eigenvalue weighted by molar-refractivity contribution is 8.18. The highest BCUT2D eigenvalue weighted by atomic mass is 32.2. The lowest BCUT2D eigenvalue weighted by Gasteiger charge is -2.11. The van der Waals surface area contributed by atoms with Crippen LogP contribution in [0.3, 0.4) is 0 Å². The van der Waals surface area contributed by atoms with Gasteiger partial charge in [-0.05, 0) is 67.1 Å². The second-order valence-corrected chi connectivity index (χ2v) is 7.87. The van der Waals surface area contributed by atoms with E-state index in [4.69, 9.17) is 9.47 Å². The summed E-state index contributed by atoms with van der Waals surface area (Å²) in [5.74, 6) is -0.224. The molecule has 0 bridgehead atoms. The van der Waals surface area contributed by atoms with Crippen molar-refractivity contribution in [2.75, 3.05) is 20.8 Å². The number of aliphatic imine (C=N–C) groups is 1. The van der Waals surface area contributed by atoms with Gasteiger partial charge < -0.3 is 14.6 Å². The molecule has 0 unspecified atom stereocenters. The van der Waals surface area contributed by atoms with E-state index in [1.54, 1.807) is 55.6 Å². The van der Waals surface area contributed by atoms with Gasteiger partial charge in [0.1, 0.15) is 0 Å². The number of methoxy groups -OCH3 is 1. The van der Waals surface area contributed by atoms with Crippen LogP contribution in [0.1, 0.15) is 28.4 Å². The van der Waals surface area contributed by atoms with Crippen LogP contribution >= 0.6 is 11.8 Å². The monoisotopic (exact) mass is 452 g/mol. The van der Waals surface area contributed by atoms with Gasteiger partial charge in [0.25, 0.3) is 5.91 Å². The maximum Gasteiger partial charge on any atom is 0.337 e. The van der Waals surface area contributed by atoms with Crippen LogP contribution in [0.5, 0.6) is 11.5 Å². The number of benzene rings is 2. The number of amides is 1. The summed E-state index contributed by atoms with van der Waals surface area (Å²) in [4.78, 5) is 31.0. The van der Waals surface area contributed by atoms with E-state index in [0.717, 1.165) is 5.56 Å². The Morgan fingerprint density at radius 3 is 2.78 bits per heavy atom. The fraction of sp³-hybridized carbons (Fsp3) is 0.208. The minimum atomic E-state index is -0.455. The molecule has 1 amide bonds. The fourth-order valence-electron chi connectivity index (χ4n) is 3.08. The Balaban J connectivity index is 1.94. The number of phenols is 1. The van der Waals surface area contributed by atoms with Crippen molar-refractivity contribution in [3.8, 4) is 11.5 Å². The van der Waals surface area contributed by atoms with Crippen molar-refractivity contribution in [3.63, 3.8) is 0 Å². The summed E-state index contributed by atoms with van der Waals surface area (Å²) in [6, 6.07) is 10.2. The molecule has 8 heteroatoms. The number of aromatic hydroxyl groups is 1. The van der Waals surface area contributed by atoms with Crippen molar-refractivity contribution in [2.45, 2.75) is 13.3 Å². The lowest BCUT2D eigenvalue weighted by atomic mass is 10.1.